The minimum Gasteiger partial charge on any atom is -0.454 e. The molecule has 3 aliphatic rings. The third kappa shape index (κ3) is 3.29. The Morgan fingerprint density at radius 2 is 2.08 bits per heavy atom. The van der Waals surface area contributed by atoms with Gasteiger partial charge in [0.15, 0.2) is 26.5 Å². The molecular weight excluding hydrogens is 376 g/mol. The maximum atomic E-state index is 12.1. The van der Waals surface area contributed by atoms with Gasteiger partial charge in [0, 0.05) is 17.7 Å². The van der Waals surface area contributed by atoms with Crippen LogP contribution in [0.25, 0.3) is 0 Å². The van der Waals surface area contributed by atoms with Crippen LogP contribution in [0.4, 0.5) is 0 Å². The average Bonchev–Trinajstić information content (AvgIpc) is 3.21. The lowest BCUT2D eigenvalue weighted by Gasteiger charge is -2.24. The number of ether oxygens (including phenoxy) is 2. The number of sulfone groups is 1. The van der Waals surface area contributed by atoms with Crippen LogP contribution < -0.4 is 9.47 Å². The zero-order valence-corrected chi connectivity index (χ0v) is 16.2. The SMILES string of the molecule is CC(C)C(=O)N=C1S[C@H]2CS(=O)(=O)C[C@@H]2N1Cc1ccc2c(c1)OCO2. The van der Waals surface area contributed by atoms with E-state index in [2.05, 4.69) is 4.99 Å². The van der Waals surface area contributed by atoms with Gasteiger partial charge in [-0.15, -0.1) is 0 Å². The fourth-order valence-corrected chi connectivity index (χ4v) is 7.24. The van der Waals surface area contributed by atoms with E-state index in [1.54, 1.807) is 13.8 Å². The lowest BCUT2D eigenvalue weighted by molar-refractivity contribution is -0.120. The van der Waals surface area contributed by atoms with E-state index in [0.717, 1.165) is 5.56 Å². The normalized spacial score (nSPS) is 27.3. The third-order valence-electron chi connectivity index (χ3n) is 4.66. The summed E-state index contributed by atoms with van der Waals surface area (Å²) in [5, 5.41) is 0.541. The molecule has 1 aromatic rings. The van der Waals surface area contributed by atoms with Crippen LogP contribution in [0.2, 0.25) is 0 Å². The first kappa shape index (κ1) is 17.7. The molecule has 1 aromatic carbocycles. The van der Waals surface area contributed by atoms with E-state index in [9.17, 15) is 13.2 Å². The van der Waals surface area contributed by atoms with Crippen molar-refractivity contribution >= 4 is 32.7 Å². The van der Waals surface area contributed by atoms with Crippen molar-refractivity contribution in [1.29, 1.82) is 0 Å². The molecule has 1 amide bonds. The predicted molar refractivity (Wildman–Crippen MR) is 99.2 cm³/mol. The van der Waals surface area contributed by atoms with Crippen LogP contribution in [0.1, 0.15) is 19.4 Å². The number of carbonyl (C=O) groups excluding carboxylic acids is 1. The summed E-state index contributed by atoms with van der Waals surface area (Å²) in [7, 11) is -3.06. The van der Waals surface area contributed by atoms with E-state index < -0.39 is 9.84 Å². The zero-order chi connectivity index (χ0) is 18.5. The van der Waals surface area contributed by atoms with E-state index in [0.29, 0.717) is 23.2 Å². The number of hydrogen-bond acceptors (Lipinski definition) is 6. The molecule has 7 nitrogen and oxygen atoms in total. The Bertz CT molecular complexity index is 881. The second-order valence-corrected chi connectivity index (χ2v) is 10.4. The van der Waals surface area contributed by atoms with Gasteiger partial charge in [-0.3, -0.25) is 4.79 Å². The van der Waals surface area contributed by atoms with Crippen LogP contribution in [-0.2, 0) is 21.2 Å². The van der Waals surface area contributed by atoms with Gasteiger partial charge in [-0.25, -0.2) is 8.42 Å². The van der Waals surface area contributed by atoms with Crippen LogP contribution in [0, 0.1) is 5.92 Å². The summed E-state index contributed by atoms with van der Waals surface area (Å²) in [5.74, 6) is 1.24. The van der Waals surface area contributed by atoms with Crippen molar-refractivity contribution in [3.05, 3.63) is 23.8 Å². The Kier molecular flexibility index (Phi) is 4.38. The summed E-state index contributed by atoms with van der Waals surface area (Å²) >= 11 is 1.40. The molecule has 2 fully saturated rings. The number of rotatable bonds is 3. The topological polar surface area (TPSA) is 85.3 Å². The van der Waals surface area contributed by atoms with E-state index in [1.165, 1.54) is 11.8 Å². The van der Waals surface area contributed by atoms with Crippen molar-refractivity contribution in [3.63, 3.8) is 0 Å². The second kappa shape index (κ2) is 6.45. The van der Waals surface area contributed by atoms with E-state index in [1.807, 2.05) is 23.1 Å². The molecule has 0 aliphatic carbocycles. The lowest BCUT2D eigenvalue weighted by Crippen LogP contribution is -2.37. The summed E-state index contributed by atoms with van der Waals surface area (Å²) in [6.45, 7) is 4.29. The van der Waals surface area contributed by atoms with Gasteiger partial charge in [-0.05, 0) is 17.7 Å². The number of carbonyl (C=O) groups is 1. The molecule has 0 N–H and O–H groups in total. The fraction of sp³-hybridized carbons (Fsp3) is 0.529. The number of nitrogens with zero attached hydrogens (tertiary/aromatic N) is 2. The van der Waals surface area contributed by atoms with Gasteiger partial charge >= 0.3 is 0 Å². The van der Waals surface area contributed by atoms with Crippen molar-refractivity contribution in [1.82, 2.24) is 4.90 Å². The first-order valence-corrected chi connectivity index (χ1v) is 11.2. The van der Waals surface area contributed by atoms with Crippen LogP contribution in [0.5, 0.6) is 11.5 Å². The number of hydrogen-bond donors (Lipinski definition) is 0. The Hall–Kier alpha value is -1.74. The van der Waals surface area contributed by atoms with Gasteiger partial charge in [0.25, 0.3) is 5.91 Å². The molecule has 0 saturated carbocycles. The molecule has 4 rings (SSSR count). The number of amides is 1. The molecule has 3 heterocycles. The first-order valence-electron chi connectivity index (χ1n) is 8.47. The molecule has 0 spiro atoms. The van der Waals surface area contributed by atoms with Crippen molar-refractivity contribution < 1.29 is 22.7 Å². The van der Waals surface area contributed by atoms with Gasteiger partial charge < -0.3 is 14.4 Å². The van der Waals surface area contributed by atoms with E-state index in [-0.39, 0.29) is 41.4 Å². The lowest BCUT2D eigenvalue weighted by atomic mass is 10.1. The molecule has 0 unspecified atom stereocenters. The Morgan fingerprint density at radius 1 is 1.31 bits per heavy atom. The van der Waals surface area contributed by atoms with Crippen LogP contribution in [0.3, 0.4) is 0 Å². The summed E-state index contributed by atoms with van der Waals surface area (Å²) < 4.78 is 34.9. The number of benzene rings is 1. The molecule has 140 valence electrons. The quantitative estimate of drug-likeness (QED) is 0.768. The average molecular weight is 396 g/mol. The van der Waals surface area contributed by atoms with Crippen LogP contribution >= 0.6 is 11.8 Å². The van der Waals surface area contributed by atoms with Gasteiger partial charge in [-0.1, -0.05) is 31.7 Å². The Morgan fingerprint density at radius 3 is 2.85 bits per heavy atom. The monoisotopic (exact) mass is 396 g/mol. The zero-order valence-electron chi connectivity index (χ0n) is 14.5. The van der Waals surface area contributed by atoms with Crippen molar-refractivity contribution in [2.75, 3.05) is 18.3 Å². The smallest absolute Gasteiger partial charge is 0.250 e. The molecular formula is C17H20N2O5S2. The van der Waals surface area contributed by atoms with Gasteiger partial charge in [0.2, 0.25) is 6.79 Å². The predicted octanol–water partition coefficient (Wildman–Crippen LogP) is 1.67. The van der Waals surface area contributed by atoms with Gasteiger partial charge in [0.05, 0.1) is 17.5 Å². The minimum atomic E-state index is -3.06. The van der Waals surface area contributed by atoms with Crippen LogP contribution in [-0.4, -0.2) is 54.0 Å². The molecule has 9 heteroatoms. The van der Waals surface area contributed by atoms with Crippen molar-refractivity contribution in [2.45, 2.75) is 31.7 Å². The molecule has 2 atom stereocenters. The van der Waals surface area contributed by atoms with Crippen LogP contribution in [0.15, 0.2) is 23.2 Å². The highest BCUT2D eigenvalue weighted by atomic mass is 32.2. The fourth-order valence-electron chi connectivity index (χ4n) is 3.28. The van der Waals surface area contributed by atoms with Gasteiger partial charge in [-0.2, -0.15) is 4.99 Å². The first-order chi connectivity index (χ1) is 12.3. The highest BCUT2D eigenvalue weighted by molar-refractivity contribution is 8.15. The largest absolute Gasteiger partial charge is 0.454 e. The maximum absolute atomic E-state index is 12.1. The summed E-state index contributed by atoms with van der Waals surface area (Å²) in [6, 6.07) is 5.51. The van der Waals surface area contributed by atoms with E-state index in [4.69, 9.17) is 9.47 Å². The molecule has 0 bridgehead atoms. The molecule has 26 heavy (non-hydrogen) atoms. The number of fused-ring (bicyclic) bond motifs is 2. The Balaban J connectivity index is 1.63. The number of aliphatic imine (C=N–C) groups is 1. The van der Waals surface area contributed by atoms with Crippen molar-refractivity contribution in [3.8, 4) is 11.5 Å². The molecule has 2 saturated heterocycles. The highest BCUT2D eigenvalue weighted by Gasteiger charge is 2.48. The summed E-state index contributed by atoms with van der Waals surface area (Å²) in [5.41, 5.74) is 0.962. The van der Waals surface area contributed by atoms with Gasteiger partial charge in [0.1, 0.15) is 0 Å². The second-order valence-electron chi connectivity index (χ2n) is 7.00. The summed E-state index contributed by atoms with van der Waals surface area (Å²) in [6.07, 6.45) is 0. The summed E-state index contributed by atoms with van der Waals surface area (Å²) in [4.78, 5) is 18.3. The molecule has 0 radical (unpaired) electrons. The highest BCUT2D eigenvalue weighted by Crippen LogP contribution is 2.40. The maximum Gasteiger partial charge on any atom is 0.250 e. The Labute approximate surface area is 156 Å². The van der Waals surface area contributed by atoms with E-state index >= 15 is 0 Å². The molecule has 0 aromatic heterocycles. The standard InChI is InChI=1S/C17H20N2O5S2/c1-10(2)16(20)18-17-19(12-7-26(21,22)8-15(12)25-17)6-11-3-4-13-14(5-11)24-9-23-13/h3-5,10,12,15H,6-9H2,1-2H3/t12-,15-/m0/s1. The number of thioether (sulfide) groups is 1. The minimum absolute atomic E-state index is 0.0762. The van der Waals surface area contributed by atoms with Crippen molar-refractivity contribution in [2.24, 2.45) is 10.9 Å². The molecule has 3 aliphatic heterocycles. The third-order valence-corrected chi connectivity index (χ3v) is 7.91. The number of amidine groups is 1.